The second kappa shape index (κ2) is 7.07. The highest BCUT2D eigenvalue weighted by atomic mass is 16.5. The number of carbonyl (C=O) groups excluding carboxylic acids is 2. The van der Waals surface area contributed by atoms with Gasteiger partial charge in [-0.2, -0.15) is 0 Å². The summed E-state index contributed by atoms with van der Waals surface area (Å²) in [4.78, 5) is 23.8. The fourth-order valence-electron chi connectivity index (χ4n) is 2.32. The summed E-state index contributed by atoms with van der Waals surface area (Å²) < 4.78 is 4.70. The van der Waals surface area contributed by atoms with Crippen LogP contribution in [0.15, 0.2) is 0 Å². The molecule has 0 saturated heterocycles. The molecule has 0 spiro atoms. The van der Waals surface area contributed by atoms with Crippen molar-refractivity contribution < 1.29 is 14.3 Å². The predicted octanol–water partition coefficient (Wildman–Crippen LogP) is 1.47. The van der Waals surface area contributed by atoms with E-state index in [0.29, 0.717) is 5.92 Å². The van der Waals surface area contributed by atoms with E-state index in [4.69, 9.17) is 4.74 Å². The van der Waals surface area contributed by atoms with Gasteiger partial charge in [-0.1, -0.05) is 20.8 Å². The Kier molecular flexibility index (Phi) is 5.99. The second-order valence-corrected chi connectivity index (χ2v) is 6.84. The summed E-state index contributed by atoms with van der Waals surface area (Å²) in [5.41, 5.74) is 0.0719. The molecule has 2 N–H and O–H groups in total. The van der Waals surface area contributed by atoms with Crippen LogP contribution in [0.1, 0.15) is 46.5 Å². The molecule has 0 aromatic rings. The Labute approximate surface area is 121 Å². The van der Waals surface area contributed by atoms with Crippen molar-refractivity contribution in [2.24, 2.45) is 11.3 Å². The Bertz CT molecular complexity index is 346. The number of rotatable bonds is 7. The molecule has 1 aliphatic carbocycles. The summed E-state index contributed by atoms with van der Waals surface area (Å²) in [6.45, 7) is 6.33. The summed E-state index contributed by atoms with van der Waals surface area (Å²) in [6.07, 6.45) is 3.17. The lowest BCUT2D eigenvalue weighted by atomic mass is 9.87. The van der Waals surface area contributed by atoms with Crippen molar-refractivity contribution in [3.8, 4) is 0 Å². The standard InChI is InChI=1S/C15H28N2O3/c1-15(2,3)9-12(16-4)14(19)17-11(10-6-7-10)8-13(18)20-5/h10-12,16H,6-9H2,1-5H3,(H,17,19). The Morgan fingerprint density at radius 2 is 1.90 bits per heavy atom. The first kappa shape index (κ1) is 17.0. The third-order valence-corrected chi connectivity index (χ3v) is 3.61. The van der Waals surface area contributed by atoms with Gasteiger partial charge in [-0.25, -0.2) is 0 Å². The van der Waals surface area contributed by atoms with Crippen LogP contribution >= 0.6 is 0 Å². The topological polar surface area (TPSA) is 67.4 Å². The molecule has 1 amide bonds. The van der Waals surface area contributed by atoms with Gasteiger partial charge in [0.05, 0.1) is 19.6 Å². The fourth-order valence-corrected chi connectivity index (χ4v) is 2.32. The quantitative estimate of drug-likeness (QED) is 0.695. The van der Waals surface area contributed by atoms with Gasteiger partial charge >= 0.3 is 5.97 Å². The zero-order valence-corrected chi connectivity index (χ0v) is 13.3. The number of esters is 1. The molecule has 0 aliphatic heterocycles. The lowest BCUT2D eigenvalue weighted by Gasteiger charge is -2.27. The van der Waals surface area contributed by atoms with Crippen LogP contribution < -0.4 is 10.6 Å². The molecule has 0 aromatic carbocycles. The fraction of sp³-hybridized carbons (Fsp3) is 0.867. The highest BCUT2D eigenvalue weighted by molar-refractivity contribution is 5.82. The summed E-state index contributed by atoms with van der Waals surface area (Å²) in [5.74, 6) is 0.132. The average molecular weight is 284 g/mol. The molecule has 1 aliphatic rings. The van der Waals surface area contributed by atoms with Crippen molar-refractivity contribution in [3.63, 3.8) is 0 Å². The van der Waals surface area contributed by atoms with Gasteiger partial charge in [0, 0.05) is 6.04 Å². The third-order valence-electron chi connectivity index (χ3n) is 3.61. The van der Waals surface area contributed by atoms with Gasteiger partial charge in [0.15, 0.2) is 0 Å². The maximum Gasteiger partial charge on any atom is 0.307 e. The summed E-state index contributed by atoms with van der Waals surface area (Å²) in [6, 6.07) is -0.320. The molecule has 1 rings (SSSR count). The SMILES string of the molecule is CNC(CC(C)(C)C)C(=O)NC(CC(=O)OC)C1CC1. The first-order valence-electron chi connectivity index (χ1n) is 7.31. The minimum Gasteiger partial charge on any atom is -0.469 e. The number of likely N-dealkylation sites (N-methyl/N-ethyl adjacent to an activating group) is 1. The normalized spacial score (nSPS) is 18.2. The van der Waals surface area contributed by atoms with Crippen molar-refractivity contribution in [1.29, 1.82) is 0 Å². The van der Waals surface area contributed by atoms with E-state index in [1.807, 2.05) is 0 Å². The van der Waals surface area contributed by atoms with E-state index < -0.39 is 0 Å². The summed E-state index contributed by atoms with van der Waals surface area (Å²) in [7, 11) is 3.17. The molecule has 0 heterocycles. The first-order chi connectivity index (χ1) is 9.26. The number of hydrogen-bond donors (Lipinski definition) is 2. The van der Waals surface area contributed by atoms with Gasteiger partial charge in [0.2, 0.25) is 5.91 Å². The summed E-state index contributed by atoms with van der Waals surface area (Å²) >= 11 is 0. The van der Waals surface area contributed by atoms with Crippen LogP contribution in [0.5, 0.6) is 0 Å². The number of hydrogen-bond acceptors (Lipinski definition) is 4. The third kappa shape index (κ3) is 5.90. The van der Waals surface area contributed by atoms with E-state index >= 15 is 0 Å². The van der Waals surface area contributed by atoms with Crippen LogP contribution in [-0.4, -0.2) is 38.1 Å². The van der Waals surface area contributed by atoms with Gasteiger partial charge in [-0.15, -0.1) is 0 Å². The molecular weight excluding hydrogens is 256 g/mol. The summed E-state index contributed by atoms with van der Waals surface area (Å²) in [5, 5.41) is 6.08. The van der Waals surface area contributed by atoms with Crippen molar-refractivity contribution in [2.45, 2.75) is 58.5 Å². The Balaban J connectivity index is 2.57. The number of ether oxygens (including phenoxy) is 1. The minimum absolute atomic E-state index is 0.0248. The smallest absolute Gasteiger partial charge is 0.307 e. The zero-order chi connectivity index (χ0) is 15.3. The van der Waals surface area contributed by atoms with Crippen LogP contribution in [0.25, 0.3) is 0 Å². The average Bonchev–Trinajstić information content (AvgIpc) is 3.17. The van der Waals surface area contributed by atoms with Crippen molar-refractivity contribution in [2.75, 3.05) is 14.2 Å². The van der Waals surface area contributed by atoms with Crippen LogP contribution in [0.2, 0.25) is 0 Å². The number of amides is 1. The van der Waals surface area contributed by atoms with Crippen LogP contribution in [0.4, 0.5) is 0 Å². The van der Waals surface area contributed by atoms with E-state index in [0.717, 1.165) is 19.3 Å². The number of methoxy groups -OCH3 is 1. The molecule has 2 atom stereocenters. The molecule has 0 aromatic heterocycles. The van der Waals surface area contributed by atoms with Crippen molar-refractivity contribution >= 4 is 11.9 Å². The van der Waals surface area contributed by atoms with Gasteiger partial charge in [0.1, 0.15) is 0 Å². The van der Waals surface area contributed by atoms with E-state index in [1.54, 1.807) is 7.05 Å². The van der Waals surface area contributed by atoms with Crippen LogP contribution in [0.3, 0.4) is 0 Å². The Morgan fingerprint density at radius 1 is 1.30 bits per heavy atom. The van der Waals surface area contributed by atoms with Crippen molar-refractivity contribution in [3.05, 3.63) is 0 Å². The highest BCUT2D eigenvalue weighted by Crippen LogP contribution is 2.34. The highest BCUT2D eigenvalue weighted by Gasteiger charge is 2.35. The van der Waals surface area contributed by atoms with E-state index in [9.17, 15) is 9.59 Å². The van der Waals surface area contributed by atoms with Crippen LogP contribution in [-0.2, 0) is 14.3 Å². The predicted molar refractivity (Wildman–Crippen MR) is 78.2 cm³/mol. The van der Waals surface area contributed by atoms with Gasteiger partial charge < -0.3 is 15.4 Å². The number of nitrogens with one attached hydrogen (secondary N) is 2. The lowest BCUT2D eigenvalue weighted by molar-refractivity contribution is -0.141. The van der Waals surface area contributed by atoms with E-state index in [-0.39, 0.29) is 35.8 Å². The molecule has 1 fully saturated rings. The molecule has 20 heavy (non-hydrogen) atoms. The molecular formula is C15H28N2O3. The molecule has 0 bridgehead atoms. The molecule has 5 nitrogen and oxygen atoms in total. The van der Waals surface area contributed by atoms with E-state index in [1.165, 1.54) is 7.11 Å². The molecule has 5 heteroatoms. The Morgan fingerprint density at radius 3 is 2.30 bits per heavy atom. The second-order valence-electron chi connectivity index (χ2n) is 6.84. The first-order valence-corrected chi connectivity index (χ1v) is 7.31. The largest absolute Gasteiger partial charge is 0.469 e. The van der Waals surface area contributed by atoms with E-state index in [2.05, 4.69) is 31.4 Å². The molecule has 2 unspecified atom stereocenters. The zero-order valence-electron chi connectivity index (χ0n) is 13.3. The molecule has 0 radical (unpaired) electrons. The molecule has 116 valence electrons. The van der Waals surface area contributed by atoms with Crippen LogP contribution in [0, 0.1) is 11.3 Å². The van der Waals surface area contributed by atoms with Gasteiger partial charge in [0.25, 0.3) is 0 Å². The molecule has 1 saturated carbocycles. The van der Waals surface area contributed by atoms with Gasteiger partial charge in [-0.05, 0) is 37.6 Å². The Hall–Kier alpha value is -1.10. The lowest BCUT2D eigenvalue weighted by Crippen LogP contribution is -2.49. The van der Waals surface area contributed by atoms with Gasteiger partial charge in [-0.3, -0.25) is 9.59 Å². The van der Waals surface area contributed by atoms with Crippen molar-refractivity contribution in [1.82, 2.24) is 10.6 Å². The maximum atomic E-state index is 12.3. The number of carbonyl (C=O) groups is 2. The maximum absolute atomic E-state index is 12.3. The minimum atomic E-state index is -0.265. The monoisotopic (exact) mass is 284 g/mol.